The summed E-state index contributed by atoms with van der Waals surface area (Å²) in [7, 11) is 0. The minimum absolute atomic E-state index is 0.00686. The molecule has 54 heavy (non-hydrogen) atoms. The van der Waals surface area contributed by atoms with E-state index in [4.69, 9.17) is 28.4 Å². The summed E-state index contributed by atoms with van der Waals surface area (Å²) in [5.41, 5.74) is 1.50. The molecule has 0 bridgehead atoms. The van der Waals surface area contributed by atoms with Crippen LogP contribution in [0.15, 0.2) is 36.4 Å². The van der Waals surface area contributed by atoms with Crippen molar-refractivity contribution < 1.29 is 57.2 Å². The largest absolute Gasteiger partial charge is 0.426 e. The molecular weight excluding hydrogens is 696 g/mol. The van der Waals surface area contributed by atoms with Gasteiger partial charge in [-0.25, -0.2) is 0 Å². The lowest BCUT2D eigenvalue weighted by Gasteiger charge is -2.27. The number of carbonyl (C=O) groups excluding carboxylic acids is 6. The zero-order chi connectivity index (χ0) is 38.7. The van der Waals surface area contributed by atoms with Gasteiger partial charge in [-0.2, -0.15) is 0 Å². The van der Waals surface area contributed by atoms with Crippen molar-refractivity contribution in [2.45, 2.75) is 55.4 Å². The molecule has 8 aromatic carbocycles. The number of hydrogen-bond donors (Lipinski definition) is 0. The third-order valence-electron chi connectivity index (χ3n) is 9.49. The van der Waals surface area contributed by atoms with E-state index in [2.05, 4.69) is 0 Å². The summed E-state index contributed by atoms with van der Waals surface area (Å²) in [4.78, 5) is 75.9. The van der Waals surface area contributed by atoms with Crippen molar-refractivity contribution in [2.24, 2.45) is 0 Å². The molecule has 0 spiro atoms. The minimum Gasteiger partial charge on any atom is -0.426 e. The fourth-order valence-electron chi connectivity index (χ4n) is 8.12. The van der Waals surface area contributed by atoms with Crippen molar-refractivity contribution in [1.82, 2.24) is 0 Å². The van der Waals surface area contributed by atoms with Crippen molar-refractivity contribution in [2.75, 3.05) is 0 Å². The average molecular weight is 727 g/mol. The highest BCUT2D eigenvalue weighted by molar-refractivity contribution is 6.51. The van der Waals surface area contributed by atoms with Crippen molar-refractivity contribution in [3.05, 3.63) is 47.5 Å². The summed E-state index contributed by atoms with van der Waals surface area (Å²) in [6.45, 7) is 11.3. The molecule has 0 aromatic heterocycles. The third kappa shape index (κ3) is 4.97. The molecule has 8 aromatic rings. The van der Waals surface area contributed by atoms with Gasteiger partial charge in [-0.05, 0) is 60.0 Å². The van der Waals surface area contributed by atoms with Gasteiger partial charge in [0.2, 0.25) is 0 Å². The quantitative estimate of drug-likeness (QED) is 0.0700. The molecule has 0 amide bonds. The predicted molar refractivity (Wildman–Crippen MR) is 200 cm³/mol. The first kappa shape index (κ1) is 34.3. The van der Waals surface area contributed by atoms with E-state index < -0.39 is 35.8 Å². The van der Waals surface area contributed by atoms with Crippen LogP contribution in [0.4, 0.5) is 0 Å². The molecule has 0 atom stereocenters. The number of ether oxygens (including phenoxy) is 6. The highest BCUT2D eigenvalue weighted by Crippen LogP contribution is 2.59. The second-order valence-corrected chi connectivity index (χ2v) is 13.4. The van der Waals surface area contributed by atoms with Crippen molar-refractivity contribution in [3.8, 4) is 34.5 Å². The van der Waals surface area contributed by atoms with Crippen LogP contribution < -0.4 is 28.4 Å². The molecule has 12 heteroatoms. The Balaban J connectivity index is 1.84. The fourth-order valence-corrected chi connectivity index (χ4v) is 8.12. The van der Waals surface area contributed by atoms with Gasteiger partial charge < -0.3 is 28.4 Å². The molecular formula is C42H30O12. The molecule has 0 aliphatic rings. The topological polar surface area (TPSA) is 158 Å². The summed E-state index contributed by atoms with van der Waals surface area (Å²) >= 11 is 0. The first-order valence-electron chi connectivity index (χ1n) is 16.9. The molecule has 270 valence electrons. The molecule has 8 rings (SSSR count). The smallest absolute Gasteiger partial charge is 0.308 e. The van der Waals surface area contributed by atoms with Gasteiger partial charge in [-0.1, -0.05) is 0 Å². The van der Waals surface area contributed by atoms with E-state index in [9.17, 15) is 28.8 Å². The lowest BCUT2D eigenvalue weighted by molar-refractivity contribution is -0.133. The lowest BCUT2D eigenvalue weighted by Crippen LogP contribution is -2.09. The van der Waals surface area contributed by atoms with Gasteiger partial charge in [-0.15, -0.1) is 0 Å². The number of carbonyl (C=O) groups is 6. The Morgan fingerprint density at radius 2 is 0.537 bits per heavy atom. The number of esters is 6. The normalized spacial score (nSPS) is 11.8. The van der Waals surface area contributed by atoms with Crippen molar-refractivity contribution in [1.29, 1.82) is 0 Å². The summed E-state index contributed by atoms with van der Waals surface area (Å²) in [5, 5.41) is 7.43. The Labute approximate surface area is 305 Å². The maximum Gasteiger partial charge on any atom is 0.308 e. The van der Waals surface area contributed by atoms with E-state index in [-0.39, 0.29) is 34.5 Å². The molecule has 0 radical (unpaired) electrons. The van der Waals surface area contributed by atoms with Gasteiger partial charge >= 0.3 is 35.8 Å². The Kier molecular flexibility index (Phi) is 7.52. The van der Waals surface area contributed by atoms with Gasteiger partial charge in [-0.3, -0.25) is 28.8 Å². The molecule has 0 aliphatic carbocycles. The zero-order valence-corrected chi connectivity index (χ0v) is 30.4. The van der Waals surface area contributed by atoms with E-state index in [1.54, 1.807) is 24.3 Å². The Morgan fingerprint density at radius 3 is 0.815 bits per heavy atom. The van der Waals surface area contributed by atoms with Crippen molar-refractivity contribution >= 4 is 111 Å². The highest BCUT2D eigenvalue weighted by Gasteiger charge is 2.33. The van der Waals surface area contributed by atoms with Gasteiger partial charge in [0.25, 0.3) is 0 Å². The van der Waals surface area contributed by atoms with Gasteiger partial charge in [0, 0.05) is 118 Å². The SMILES string of the molecule is CC(=O)Oc1cc(C)c2c3c(C)cc(OC(C)=O)c4cc5c(OC(C)=O)cc(OC(C)=O)c6c7c(OC(C)=O)cc(OC(C)=O)c8cc1c2c(c87)c(c43)c56. The molecule has 0 unspecified atom stereocenters. The standard InChI is InChI=1S/C42H30O12/c1-15-9-27(49-17(3)43)23-11-25-29(51-19(5)45)13-31(53-21(7)47)39-37(25)41-35(23)33(15)34-16(2)10-28(50-18(4)44)24-12-26-30(52-20(6)46)14-32(54-22(8)48)40(39)38(26)42(41)36(24)34/h9-14H,1-8H3. The van der Waals surface area contributed by atoms with Gasteiger partial charge in [0.1, 0.15) is 34.5 Å². The van der Waals surface area contributed by atoms with E-state index in [1.165, 1.54) is 53.7 Å². The number of fused-ring (bicyclic) bond motifs is 2. The first-order chi connectivity index (χ1) is 25.5. The fraction of sp³-hybridized carbons (Fsp3) is 0.190. The van der Waals surface area contributed by atoms with Crippen LogP contribution in [-0.4, -0.2) is 35.8 Å². The first-order valence-corrected chi connectivity index (χ1v) is 16.9. The summed E-state index contributed by atoms with van der Waals surface area (Å²) in [6, 6.07) is 9.85. The van der Waals surface area contributed by atoms with E-state index in [1.807, 2.05) is 13.8 Å². The van der Waals surface area contributed by atoms with Crippen LogP contribution in [0, 0.1) is 13.8 Å². The lowest BCUT2D eigenvalue weighted by atomic mass is 9.78. The molecule has 12 nitrogen and oxygen atoms in total. The van der Waals surface area contributed by atoms with Crippen LogP contribution in [0.25, 0.3) is 75.4 Å². The van der Waals surface area contributed by atoms with Crippen LogP contribution in [0.3, 0.4) is 0 Å². The second-order valence-electron chi connectivity index (χ2n) is 13.4. The molecule has 0 heterocycles. The Hall–Kier alpha value is -6.82. The number of benzene rings is 8. The monoisotopic (exact) mass is 726 g/mol. The maximum atomic E-state index is 12.8. The minimum atomic E-state index is -0.683. The van der Waals surface area contributed by atoms with Gasteiger partial charge in [0.05, 0.1) is 0 Å². The molecule has 0 fully saturated rings. The van der Waals surface area contributed by atoms with E-state index >= 15 is 0 Å². The third-order valence-corrected chi connectivity index (χ3v) is 9.49. The van der Waals surface area contributed by atoms with E-state index in [0.717, 1.165) is 21.9 Å². The highest BCUT2D eigenvalue weighted by atomic mass is 16.6. The Bertz CT molecular complexity index is 2820. The van der Waals surface area contributed by atoms with Crippen LogP contribution in [0.5, 0.6) is 34.5 Å². The zero-order valence-electron chi connectivity index (χ0n) is 30.4. The molecule has 0 saturated carbocycles. The average Bonchev–Trinajstić information content (AvgIpc) is 3.04. The second kappa shape index (κ2) is 11.9. The van der Waals surface area contributed by atoms with Crippen molar-refractivity contribution in [3.63, 3.8) is 0 Å². The van der Waals surface area contributed by atoms with Crippen LogP contribution in [0.1, 0.15) is 52.7 Å². The van der Waals surface area contributed by atoms with Crippen LogP contribution in [-0.2, 0) is 28.8 Å². The summed E-state index contributed by atoms with van der Waals surface area (Å²) < 4.78 is 35.0. The molecule has 0 N–H and O–H groups in total. The van der Waals surface area contributed by atoms with Crippen LogP contribution >= 0.6 is 0 Å². The summed E-state index contributed by atoms with van der Waals surface area (Å²) in [5.74, 6) is -3.23. The number of hydrogen-bond acceptors (Lipinski definition) is 12. The maximum absolute atomic E-state index is 12.8. The van der Waals surface area contributed by atoms with Crippen LogP contribution in [0.2, 0.25) is 0 Å². The summed E-state index contributed by atoms with van der Waals surface area (Å²) in [6.07, 6.45) is 0. The molecule has 0 saturated heterocycles. The Morgan fingerprint density at radius 1 is 0.296 bits per heavy atom. The number of aryl methyl sites for hydroxylation is 2. The predicted octanol–water partition coefficient (Wildman–Crippen LogP) is 8.24. The number of rotatable bonds is 6. The van der Waals surface area contributed by atoms with Gasteiger partial charge in [0.15, 0.2) is 0 Å². The molecule has 0 aliphatic heterocycles. The van der Waals surface area contributed by atoms with E-state index in [0.29, 0.717) is 64.6 Å².